The largest absolute Gasteiger partial charge is 0.326 e. The zero-order valence-electron chi connectivity index (χ0n) is 11.6. The SMILES string of the molecule is CC(C)N1CCc2c(sc(-n3cccc3)c2CN)C1. The fourth-order valence-electron chi connectivity index (χ4n) is 2.80. The zero-order valence-corrected chi connectivity index (χ0v) is 12.4. The number of rotatable bonds is 3. The number of nitrogens with two attached hydrogens (primary N) is 1. The molecule has 2 N–H and O–H groups in total. The van der Waals surface area contributed by atoms with E-state index in [4.69, 9.17) is 5.73 Å². The Morgan fingerprint density at radius 3 is 2.68 bits per heavy atom. The van der Waals surface area contributed by atoms with Crippen molar-refractivity contribution in [1.82, 2.24) is 9.47 Å². The Bertz CT molecular complexity index is 554. The Hall–Kier alpha value is -1.10. The number of thiophene rings is 1. The molecule has 0 fully saturated rings. The van der Waals surface area contributed by atoms with Crippen LogP contribution < -0.4 is 5.73 Å². The predicted octanol–water partition coefficient (Wildman–Crippen LogP) is 2.76. The quantitative estimate of drug-likeness (QED) is 0.934. The van der Waals surface area contributed by atoms with Gasteiger partial charge in [-0.2, -0.15) is 0 Å². The van der Waals surface area contributed by atoms with Crippen molar-refractivity contribution in [3.63, 3.8) is 0 Å². The van der Waals surface area contributed by atoms with Crippen LogP contribution in [0.15, 0.2) is 24.5 Å². The average Bonchev–Trinajstić information content (AvgIpc) is 3.04. The minimum Gasteiger partial charge on any atom is -0.326 e. The molecule has 0 amide bonds. The van der Waals surface area contributed by atoms with Gasteiger partial charge in [0.1, 0.15) is 5.00 Å². The molecule has 3 rings (SSSR count). The number of hydrogen-bond acceptors (Lipinski definition) is 3. The highest BCUT2D eigenvalue weighted by Crippen LogP contribution is 2.35. The summed E-state index contributed by atoms with van der Waals surface area (Å²) in [5.41, 5.74) is 8.85. The van der Waals surface area contributed by atoms with E-state index in [-0.39, 0.29) is 0 Å². The normalized spacial score (nSPS) is 16.0. The summed E-state index contributed by atoms with van der Waals surface area (Å²) < 4.78 is 2.20. The van der Waals surface area contributed by atoms with E-state index in [1.54, 1.807) is 0 Å². The number of nitrogens with zero attached hydrogens (tertiary/aromatic N) is 2. The molecule has 19 heavy (non-hydrogen) atoms. The van der Waals surface area contributed by atoms with Gasteiger partial charge in [0.15, 0.2) is 0 Å². The smallest absolute Gasteiger partial charge is 0.104 e. The molecule has 0 saturated heterocycles. The van der Waals surface area contributed by atoms with Crippen molar-refractivity contribution in [2.75, 3.05) is 6.54 Å². The van der Waals surface area contributed by atoms with Crippen LogP contribution >= 0.6 is 11.3 Å². The maximum Gasteiger partial charge on any atom is 0.104 e. The lowest BCUT2D eigenvalue weighted by Gasteiger charge is -2.30. The molecule has 0 aromatic carbocycles. The maximum absolute atomic E-state index is 6.00. The van der Waals surface area contributed by atoms with E-state index in [0.29, 0.717) is 12.6 Å². The number of hydrogen-bond donors (Lipinski definition) is 1. The molecular formula is C15H21N3S. The van der Waals surface area contributed by atoms with Gasteiger partial charge < -0.3 is 10.3 Å². The molecule has 0 spiro atoms. The molecule has 2 aromatic rings. The first-order chi connectivity index (χ1) is 9.20. The Morgan fingerprint density at radius 1 is 1.32 bits per heavy atom. The lowest BCUT2D eigenvalue weighted by atomic mass is 10.0. The van der Waals surface area contributed by atoms with Crippen molar-refractivity contribution in [2.24, 2.45) is 5.73 Å². The summed E-state index contributed by atoms with van der Waals surface area (Å²) in [5, 5.41) is 1.31. The summed E-state index contributed by atoms with van der Waals surface area (Å²) in [6.45, 7) is 7.41. The monoisotopic (exact) mass is 275 g/mol. The second-order valence-corrected chi connectivity index (χ2v) is 6.48. The molecule has 102 valence electrons. The highest BCUT2D eigenvalue weighted by atomic mass is 32.1. The van der Waals surface area contributed by atoms with E-state index >= 15 is 0 Å². The van der Waals surface area contributed by atoms with Crippen LogP contribution in [0.4, 0.5) is 0 Å². The van der Waals surface area contributed by atoms with E-state index in [2.05, 4.69) is 47.8 Å². The summed E-state index contributed by atoms with van der Waals surface area (Å²) in [4.78, 5) is 4.04. The van der Waals surface area contributed by atoms with Crippen LogP contribution in [0.2, 0.25) is 0 Å². The van der Waals surface area contributed by atoms with Crippen LogP contribution in [0, 0.1) is 0 Å². The number of fused-ring (bicyclic) bond motifs is 1. The molecule has 0 atom stereocenters. The van der Waals surface area contributed by atoms with Crippen LogP contribution in [-0.4, -0.2) is 22.1 Å². The van der Waals surface area contributed by atoms with Gasteiger partial charge in [0.25, 0.3) is 0 Å². The Morgan fingerprint density at radius 2 is 2.05 bits per heavy atom. The Kier molecular flexibility index (Phi) is 3.48. The molecule has 2 aromatic heterocycles. The van der Waals surface area contributed by atoms with Gasteiger partial charge in [0, 0.05) is 48.5 Å². The summed E-state index contributed by atoms with van der Waals surface area (Å²) >= 11 is 1.91. The van der Waals surface area contributed by atoms with E-state index < -0.39 is 0 Å². The predicted molar refractivity (Wildman–Crippen MR) is 80.8 cm³/mol. The topological polar surface area (TPSA) is 34.2 Å². The molecular weight excluding hydrogens is 254 g/mol. The van der Waals surface area contributed by atoms with Crippen molar-refractivity contribution in [2.45, 2.75) is 39.4 Å². The van der Waals surface area contributed by atoms with Crippen molar-refractivity contribution in [3.05, 3.63) is 40.5 Å². The highest BCUT2D eigenvalue weighted by Gasteiger charge is 2.25. The first kappa shape index (κ1) is 12.9. The molecule has 0 radical (unpaired) electrons. The molecule has 3 nitrogen and oxygen atoms in total. The first-order valence-corrected chi connectivity index (χ1v) is 7.73. The van der Waals surface area contributed by atoms with Crippen LogP contribution in [0.25, 0.3) is 5.00 Å². The standard InChI is InChI=1S/C15H21N3S/c1-11(2)18-8-5-12-13(9-16)15(19-14(12)10-18)17-6-3-4-7-17/h3-4,6-7,11H,5,8-10,16H2,1-2H3. The fraction of sp³-hybridized carbons (Fsp3) is 0.467. The molecule has 0 unspecified atom stereocenters. The van der Waals surface area contributed by atoms with Gasteiger partial charge in [0.05, 0.1) is 0 Å². The third kappa shape index (κ3) is 2.24. The van der Waals surface area contributed by atoms with Crippen LogP contribution in [0.3, 0.4) is 0 Å². The van der Waals surface area contributed by atoms with Crippen LogP contribution in [0.5, 0.6) is 0 Å². The fourth-order valence-corrected chi connectivity index (χ4v) is 4.17. The zero-order chi connectivity index (χ0) is 13.4. The maximum atomic E-state index is 6.00. The van der Waals surface area contributed by atoms with Crippen molar-refractivity contribution in [3.8, 4) is 5.00 Å². The van der Waals surface area contributed by atoms with Crippen molar-refractivity contribution in [1.29, 1.82) is 0 Å². The summed E-state index contributed by atoms with van der Waals surface area (Å²) in [6, 6.07) is 4.75. The van der Waals surface area contributed by atoms with Gasteiger partial charge in [-0.15, -0.1) is 11.3 Å². The first-order valence-electron chi connectivity index (χ1n) is 6.91. The van der Waals surface area contributed by atoms with Gasteiger partial charge in [0.2, 0.25) is 0 Å². The van der Waals surface area contributed by atoms with E-state index in [9.17, 15) is 0 Å². The highest BCUT2D eigenvalue weighted by molar-refractivity contribution is 7.14. The minimum absolute atomic E-state index is 0.617. The second-order valence-electron chi connectivity index (χ2n) is 5.40. The Balaban J connectivity index is 2.01. The van der Waals surface area contributed by atoms with Crippen LogP contribution in [0.1, 0.15) is 29.9 Å². The molecule has 4 heteroatoms. The second kappa shape index (κ2) is 5.12. The van der Waals surface area contributed by atoms with E-state index in [1.165, 1.54) is 21.0 Å². The van der Waals surface area contributed by atoms with Crippen molar-refractivity contribution < 1.29 is 0 Å². The molecule has 0 bridgehead atoms. The summed E-state index contributed by atoms with van der Waals surface area (Å²) in [5.74, 6) is 0. The molecule has 1 aliphatic heterocycles. The minimum atomic E-state index is 0.617. The van der Waals surface area contributed by atoms with Gasteiger partial charge in [-0.3, -0.25) is 4.90 Å². The molecule has 1 aliphatic rings. The molecule has 0 saturated carbocycles. The number of aromatic nitrogens is 1. The molecule has 0 aliphatic carbocycles. The van der Waals surface area contributed by atoms with Crippen LogP contribution in [-0.2, 0) is 19.5 Å². The van der Waals surface area contributed by atoms with Gasteiger partial charge >= 0.3 is 0 Å². The lowest BCUT2D eigenvalue weighted by Crippen LogP contribution is -2.35. The lowest BCUT2D eigenvalue weighted by molar-refractivity contribution is 0.206. The third-order valence-corrected chi connectivity index (χ3v) is 5.22. The van der Waals surface area contributed by atoms with Crippen molar-refractivity contribution >= 4 is 11.3 Å². The van der Waals surface area contributed by atoms with E-state index in [0.717, 1.165) is 19.5 Å². The summed E-state index contributed by atoms with van der Waals surface area (Å²) in [7, 11) is 0. The Labute approximate surface area is 118 Å². The molecule has 3 heterocycles. The average molecular weight is 275 g/mol. The van der Waals surface area contributed by atoms with Gasteiger partial charge in [-0.05, 0) is 38.0 Å². The van der Waals surface area contributed by atoms with Gasteiger partial charge in [-0.25, -0.2) is 0 Å². The third-order valence-electron chi connectivity index (χ3n) is 3.95. The van der Waals surface area contributed by atoms with Gasteiger partial charge in [-0.1, -0.05) is 0 Å². The summed E-state index contributed by atoms with van der Waals surface area (Å²) in [6.07, 6.45) is 5.35. The van der Waals surface area contributed by atoms with E-state index in [1.807, 2.05) is 11.3 Å².